The zero-order chi connectivity index (χ0) is 17.6. The van der Waals surface area contributed by atoms with Crippen LogP contribution in [0.25, 0.3) is 0 Å². The number of para-hydroxylation sites is 1. The molecule has 6 heteroatoms. The smallest absolute Gasteiger partial charge is 0.287 e. The number of benzene rings is 1. The van der Waals surface area contributed by atoms with Crippen LogP contribution in [0.4, 0.5) is 0 Å². The van der Waals surface area contributed by atoms with Gasteiger partial charge in [-0.25, -0.2) is 0 Å². The average molecular weight is 342 g/mol. The Hall–Kier alpha value is -2.76. The molecule has 1 aromatic heterocycles. The molecule has 2 heterocycles. The van der Waals surface area contributed by atoms with Gasteiger partial charge in [-0.05, 0) is 43.5 Å². The fourth-order valence-electron chi connectivity index (χ4n) is 2.89. The summed E-state index contributed by atoms with van der Waals surface area (Å²) in [6.45, 7) is 3.21. The molecule has 25 heavy (non-hydrogen) atoms. The van der Waals surface area contributed by atoms with E-state index in [4.69, 9.17) is 9.15 Å². The summed E-state index contributed by atoms with van der Waals surface area (Å²) in [5, 5.41) is 2.94. The van der Waals surface area contributed by atoms with E-state index >= 15 is 0 Å². The number of carbonyl (C=O) groups is 2. The molecule has 0 unspecified atom stereocenters. The van der Waals surface area contributed by atoms with Gasteiger partial charge in [-0.1, -0.05) is 18.2 Å². The topological polar surface area (TPSA) is 71.8 Å². The van der Waals surface area contributed by atoms with Crippen molar-refractivity contribution in [3.63, 3.8) is 0 Å². The number of furan rings is 1. The number of piperidine rings is 1. The van der Waals surface area contributed by atoms with Gasteiger partial charge in [0.25, 0.3) is 11.8 Å². The Kier molecular flexibility index (Phi) is 5.38. The Morgan fingerprint density at radius 2 is 1.96 bits per heavy atom. The minimum Gasteiger partial charge on any atom is -0.484 e. The number of likely N-dealkylation sites (tertiary alicyclic amines) is 1. The first-order chi connectivity index (χ1) is 12.1. The van der Waals surface area contributed by atoms with Crippen LogP contribution in [0.3, 0.4) is 0 Å². The fourth-order valence-corrected chi connectivity index (χ4v) is 2.89. The van der Waals surface area contributed by atoms with Gasteiger partial charge in [-0.15, -0.1) is 0 Å². The number of nitrogens with zero attached hydrogens (tertiary/aromatic N) is 1. The summed E-state index contributed by atoms with van der Waals surface area (Å²) in [5.41, 5.74) is 1.01. The van der Waals surface area contributed by atoms with Crippen LogP contribution in [0.5, 0.6) is 5.75 Å². The summed E-state index contributed by atoms with van der Waals surface area (Å²) in [7, 11) is 0. The number of ether oxygens (including phenoxy) is 1. The predicted molar refractivity (Wildman–Crippen MR) is 92.5 cm³/mol. The molecule has 1 N–H and O–H groups in total. The van der Waals surface area contributed by atoms with Crippen molar-refractivity contribution >= 4 is 11.8 Å². The Bertz CT molecular complexity index is 719. The molecule has 0 bridgehead atoms. The number of nitrogens with one attached hydrogen (secondary N) is 1. The molecule has 1 aliphatic rings. The van der Waals surface area contributed by atoms with Gasteiger partial charge in [0, 0.05) is 19.1 Å². The summed E-state index contributed by atoms with van der Waals surface area (Å²) in [6, 6.07) is 11.0. The largest absolute Gasteiger partial charge is 0.484 e. The van der Waals surface area contributed by atoms with Gasteiger partial charge < -0.3 is 19.4 Å². The van der Waals surface area contributed by atoms with Crippen molar-refractivity contribution in [1.82, 2.24) is 10.2 Å². The summed E-state index contributed by atoms with van der Waals surface area (Å²) in [5.74, 6) is 0.804. The second kappa shape index (κ2) is 7.88. The molecule has 0 aliphatic carbocycles. The van der Waals surface area contributed by atoms with Crippen LogP contribution < -0.4 is 10.1 Å². The average Bonchev–Trinajstić information content (AvgIpc) is 3.16. The van der Waals surface area contributed by atoms with Crippen LogP contribution in [0.15, 0.2) is 47.1 Å². The summed E-state index contributed by atoms with van der Waals surface area (Å²) in [4.78, 5) is 26.1. The SMILES string of the molecule is Cc1ccccc1OCC(=O)N1CCC(NC(=O)c2ccco2)CC1. The number of rotatable bonds is 5. The molecule has 1 aliphatic heterocycles. The molecule has 0 saturated carbocycles. The highest BCUT2D eigenvalue weighted by atomic mass is 16.5. The molecular weight excluding hydrogens is 320 g/mol. The van der Waals surface area contributed by atoms with E-state index in [2.05, 4.69) is 5.32 Å². The van der Waals surface area contributed by atoms with Crippen molar-refractivity contribution in [2.45, 2.75) is 25.8 Å². The van der Waals surface area contributed by atoms with Gasteiger partial charge >= 0.3 is 0 Å². The Labute approximate surface area is 146 Å². The molecule has 1 fully saturated rings. The molecule has 6 nitrogen and oxygen atoms in total. The molecule has 3 rings (SSSR count). The van der Waals surface area contributed by atoms with E-state index in [1.807, 2.05) is 31.2 Å². The van der Waals surface area contributed by atoms with Gasteiger partial charge in [-0.3, -0.25) is 9.59 Å². The minimum absolute atomic E-state index is 0.0286. The molecule has 2 amide bonds. The highest BCUT2D eigenvalue weighted by Gasteiger charge is 2.25. The number of hydrogen-bond donors (Lipinski definition) is 1. The maximum absolute atomic E-state index is 12.3. The van der Waals surface area contributed by atoms with Crippen LogP contribution >= 0.6 is 0 Å². The molecule has 0 spiro atoms. The molecule has 132 valence electrons. The van der Waals surface area contributed by atoms with Crippen LogP contribution in [-0.2, 0) is 4.79 Å². The zero-order valence-electron chi connectivity index (χ0n) is 14.2. The van der Waals surface area contributed by atoms with Gasteiger partial charge in [0.05, 0.1) is 6.26 Å². The quantitative estimate of drug-likeness (QED) is 0.906. The first-order valence-corrected chi connectivity index (χ1v) is 8.44. The van der Waals surface area contributed by atoms with Crippen molar-refractivity contribution < 1.29 is 18.7 Å². The fraction of sp³-hybridized carbons (Fsp3) is 0.368. The highest BCUT2D eigenvalue weighted by Crippen LogP contribution is 2.17. The van der Waals surface area contributed by atoms with Crippen molar-refractivity contribution in [3.8, 4) is 5.75 Å². The second-order valence-corrected chi connectivity index (χ2v) is 6.16. The summed E-state index contributed by atoms with van der Waals surface area (Å²) >= 11 is 0. The Morgan fingerprint density at radius 1 is 1.20 bits per heavy atom. The number of carbonyl (C=O) groups excluding carboxylic acids is 2. The van der Waals surface area contributed by atoms with Crippen LogP contribution in [0.1, 0.15) is 29.0 Å². The third kappa shape index (κ3) is 4.41. The van der Waals surface area contributed by atoms with Crippen molar-refractivity contribution in [1.29, 1.82) is 0 Å². The van der Waals surface area contributed by atoms with Crippen LogP contribution in [0.2, 0.25) is 0 Å². The monoisotopic (exact) mass is 342 g/mol. The first-order valence-electron chi connectivity index (χ1n) is 8.44. The lowest BCUT2D eigenvalue weighted by Crippen LogP contribution is -2.47. The maximum Gasteiger partial charge on any atom is 0.287 e. The van der Waals surface area contributed by atoms with Crippen molar-refractivity contribution in [2.75, 3.05) is 19.7 Å². The van der Waals surface area contributed by atoms with Gasteiger partial charge in [0.2, 0.25) is 0 Å². The molecule has 1 saturated heterocycles. The van der Waals surface area contributed by atoms with Crippen LogP contribution in [0, 0.1) is 6.92 Å². The van der Waals surface area contributed by atoms with Crippen molar-refractivity contribution in [2.24, 2.45) is 0 Å². The normalized spacial score (nSPS) is 15.0. The third-order valence-electron chi connectivity index (χ3n) is 4.37. The van der Waals surface area contributed by atoms with E-state index in [1.165, 1.54) is 6.26 Å². The highest BCUT2D eigenvalue weighted by molar-refractivity contribution is 5.91. The van der Waals surface area contributed by atoms with Gasteiger partial charge in [-0.2, -0.15) is 0 Å². The second-order valence-electron chi connectivity index (χ2n) is 6.16. The molecular formula is C19H22N2O4. The van der Waals surface area contributed by atoms with E-state index < -0.39 is 0 Å². The Balaban J connectivity index is 1.43. The van der Waals surface area contributed by atoms with Gasteiger partial charge in [0.1, 0.15) is 5.75 Å². The van der Waals surface area contributed by atoms with E-state index in [0.717, 1.165) is 24.2 Å². The zero-order valence-corrected chi connectivity index (χ0v) is 14.2. The third-order valence-corrected chi connectivity index (χ3v) is 4.37. The first kappa shape index (κ1) is 17.1. The van der Waals surface area contributed by atoms with Gasteiger partial charge in [0.15, 0.2) is 12.4 Å². The molecule has 0 radical (unpaired) electrons. The molecule has 2 aromatic rings. The van der Waals surface area contributed by atoms with E-state index in [-0.39, 0.29) is 24.5 Å². The lowest BCUT2D eigenvalue weighted by atomic mass is 10.0. The van der Waals surface area contributed by atoms with E-state index in [1.54, 1.807) is 17.0 Å². The number of hydrogen-bond acceptors (Lipinski definition) is 4. The minimum atomic E-state index is -0.210. The lowest BCUT2D eigenvalue weighted by Gasteiger charge is -2.32. The number of amides is 2. The van der Waals surface area contributed by atoms with Crippen molar-refractivity contribution in [3.05, 3.63) is 54.0 Å². The molecule has 0 atom stereocenters. The summed E-state index contributed by atoms with van der Waals surface area (Å²) in [6.07, 6.45) is 2.93. The van der Waals surface area contributed by atoms with E-state index in [9.17, 15) is 9.59 Å². The Morgan fingerprint density at radius 3 is 2.64 bits per heavy atom. The van der Waals surface area contributed by atoms with E-state index in [0.29, 0.717) is 18.8 Å². The molecule has 1 aromatic carbocycles. The standard InChI is InChI=1S/C19H22N2O4/c1-14-5-2-3-6-16(14)25-13-18(22)21-10-8-15(9-11-21)20-19(23)17-7-4-12-24-17/h2-7,12,15H,8-11,13H2,1H3,(H,20,23). The number of aryl methyl sites for hydroxylation is 1. The van der Waals surface area contributed by atoms with Crippen LogP contribution in [-0.4, -0.2) is 42.5 Å². The predicted octanol–water partition coefficient (Wildman–Crippen LogP) is 2.39. The summed E-state index contributed by atoms with van der Waals surface area (Å²) < 4.78 is 10.7. The lowest BCUT2D eigenvalue weighted by molar-refractivity contribution is -0.134. The maximum atomic E-state index is 12.3.